The largest absolute Gasteiger partial charge is 0.444 e. The molecule has 4 aliphatic heterocycles. The smallest absolute Gasteiger partial charge is 0.408 e. The Bertz CT molecular complexity index is 2220. The number of hydrogen-bond acceptors (Lipinski definition) is 6. The third-order valence-electron chi connectivity index (χ3n) is 12.1. The maximum atomic E-state index is 15.1. The highest BCUT2D eigenvalue weighted by Crippen LogP contribution is 2.45. The average Bonchev–Trinajstić information content (AvgIpc) is 3.95. The normalized spacial score (nSPS) is 22.6. The number of fused-ring (bicyclic) bond motifs is 8. The fourth-order valence-corrected chi connectivity index (χ4v) is 9.76. The molecule has 12 nitrogen and oxygen atoms in total. The van der Waals surface area contributed by atoms with Crippen molar-refractivity contribution in [2.45, 2.75) is 141 Å². The Morgan fingerprint density at radius 1 is 0.633 bits per heavy atom. The molecule has 8 rings (SSSR count). The van der Waals surface area contributed by atoms with Gasteiger partial charge in [-0.1, -0.05) is 12.2 Å². The first-order chi connectivity index (χ1) is 28.5. The Balaban J connectivity index is 1.29. The van der Waals surface area contributed by atoms with Crippen LogP contribution >= 0.6 is 0 Å². The molecule has 4 amide bonds. The molecule has 4 aliphatic rings. The van der Waals surface area contributed by atoms with Crippen LogP contribution in [0.4, 0.5) is 18.4 Å². The topological polar surface area (TPSA) is 127 Å². The molecule has 2 aromatic carbocycles. The van der Waals surface area contributed by atoms with E-state index in [4.69, 9.17) is 9.47 Å². The lowest BCUT2D eigenvalue weighted by atomic mass is 9.94. The fourth-order valence-electron chi connectivity index (χ4n) is 9.76. The quantitative estimate of drug-likeness (QED) is 0.199. The first-order valence-electron chi connectivity index (χ1n) is 21.3. The molecule has 1 unspecified atom stereocenters. The van der Waals surface area contributed by atoms with E-state index in [-0.39, 0.29) is 48.4 Å². The summed E-state index contributed by atoms with van der Waals surface area (Å²) in [7, 11) is 0. The Labute approximate surface area is 349 Å². The number of nitrogens with zero attached hydrogens (tertiary/aromatic N) is 4. The zero-order valence-corrected chi connectivity index (χ0v) is 35.4. The lowest BCUT2D eigenvalue weighted by Crippen LogP contribution is -2.51. The molecule has 14 heteroatoms. The summed E-state index contributed by atoms with van der Waals surface area (Å²) in [6.45, 7) is 12.5. The number of hydrogen-bond donors (Lipinski definition) is 2. The molecule has 2 saturated heterocycles. The molecule has 0 aliphatic carbocycles. The van der Waals surface area contributed by atoms with Gasteiger partial charge in [0.1, 0.15) is 34.9 Å². The number of aromatic nitrogens is 2. The molecule has 6 heterocycles. The molecule has 0 radical (unpaired) electrons. The summed E-state index contributed by atoms with van der Waals surface area (Å²) >= 11 is 0. The molecule has 4 aromatic rings. The summed E-state index contributed by atoms with van der Waals surface area (Å²) in [5.41, 5.74) is 3.65. The van der Waals surface area contributed by atoms with Crippen LogP contribution in [0.5, 0.6) is 0 Å². The zero-order valence-electron chi connectivity index (χ0n) is 35.4. The van der Waals surface area contributed by atoms with Crippen molar-refractivity contribution in [2.75, 3.05) is 13.1 Å². The van der Waals surface area contributed by atoms with E-state index in [1.165, 1.54) is 12.1 Å². The van der Waals surface area contributed by atoms with Crippen LogP contribution in [0.1, 0.15) is 91.2 Å². The van der Waals surface area contributed by atoms with E-state index >= 15 is 8.78 Å². The SMILES string of the molecule is CC(C)(C)OC(=O)NC1CC=CC[C@H](NC(=O)OC(C)(C)C)C(=O)N2CCC[C@H]2Cc2c3n(c4cc(F)ccc24)CCn2c-3c(c3ccc(F)cc32)C[C@@H]2CCCN2C1=O. The Hall–Kier alpha value is -5.40. The van der Waals surface area contributed by atoms with E-state index in [1.54, 1.807) is 65.8 Å². The number of halogens is 2. The number of benzene rings is 2. The van der Waals surface area contributed by atoms with Gasteiger partial charge in [0.15, 0.2) is 0 Å². The Kier molecular flexibility index (Phi) is 10.9. The van der Waals surface area contributed by atoms with Crippen LogP contribution in [-0.2, 0) is 45.0 Å². The van der Waals surface area contributed by atoms with Crippen molar-refractivity contribution in [3.8, 4) is 11.4 Å². The van der Waals surface area contributed by atoms with E-state index < -0.39 is 35.5 Å². The van der Waals surface area contributed by atoms with Crippen LogP contribution in [0.25, 0.3) is 33.2 Å². The van der Waals surface area contributed by atoms with Crippen molar-refractivity contribution in [2.24, 2.45) is 0 Å². The first-order valence-corrected chi connectivity index (χ1v) is 21.3. The van der Waals surface area contributed by atoms with E-state index in [2.05, 4.69) is 19.8 Å². The van der Waals surface area contributed by atoms with Crippen LogP contribution in [-0.4, -0.2) is 91.4 Å². The zero-order chi connectivity index (χ0) is 42.7. The third kappa shape index (κ3) is 8.21. The standard InChI is InChI=1S/C46H56F2N6O6/c1-45(2,3)59-43(57)49-35-13-7-8-14-36(50-44(58)60-46(4,5)6)42(56)52-20-10-12-30(52)26-34-32-18-16-28(48)24-38(32)54-22-21-53-37-23-27(47)15-17-31(37)33(39(53)40(34)54)25-29-11-9-19-51(29)41(35)55/h7-8,15-18,23-24,29-30,35-36H,9-14,19-22,25-26H2,1-6H3,(H,49,57)(H,50,58)/t29-,30-,35-,36?/m0/s1. The van der Waals surface area contributed by atoms with E-state index in [0.29, 0.717) is 39.0 Å². The molecule has 60 heavy (non-hydrogen) atoms. The number of rotatable bonds is 2. The summed E-state index contributed by atoms with van der Waals surface area (Å²) in [6, 6.07) is 7.28. The molecule has 320 valence electrons. The minimum atomic E-state index is -0.982. The van der Waals surface area contributed by atoms with Crippen LogP contribution in [0.15, 0.2) is 48.6 Å². The number of carbonyl (C=O) groups is 4. The van der Waals surface area contributed by atoms with E-state index in [1.807, 2.05) is 21.9 Å². The van der Waals surface area contributed by atoms with Crippen molar-refractivity contribution in [3.05, 3.63) is 71.3 Å². The monoisotopic (exact) mass is 826 g/mol. The highest BCUT2D eigenvalue weighted by Gasteiger charge is 2.40. The van der Waals surface area contributed by atoms with Crippen molar-refractivity contribution in [3.63, 3.8) is 0 Å². The van der Waals surface area contributed by atoms with Gasteiger partial charge in [-0.2, -0.15) is 0 Å². The van der Waals surface area contributed by atoms with Crippen LogP contribution in [0.2, 0.25) is 0 Å². The second-order valence-corrected chi connectivity index (χ2v) is 18.7. The van der Waals surface area contributed by atoms with Gasteiger partial charge in [-0.3, -0.25) is 9.59 Å². The molecule has 4 atom stereocenters. The van der Waals surface area contributed by atoms with Gasteiger partial charge in [-0.25, -0.2) is 18.4 Å². The highest BCUT2D eigenvalue weighted by molar-refractivity contribution is 5.98. The number of ether oxygens (including phenoxy) is 2. The summed E-state index contributed by atoms with van der Waals surface area (Å²) in [6.07, 6.45) is 6.25. The lowest BCUT2D eigenvalue weighted by Gasteiger charge is -2.31. The summed E-state index contributed by atoms with van der Waals surface area (Å²) in [5.74, 6) is -1.24. The number of alkyl carbamates (subject to hydrolysis) is 2. The second-order valence-electron chi connectivity index (χ2n) is 18.7. The summed E-state index contributed by atoms with van der Waals surface area (Å²) < 4.78 is 45.8. The first kappa shape index (κ1) is 41.3. The summed E-state index contributed by atoms with van der Waals surface area (Å²) in [4.78, 5) is 59.5. The minimum Gasteiger partial charge on any atom is -0.444 e. The molecule has 2 fully saturated rings. The van der Waals surface area contributed by atoms with Gasteiger partial charge in [0.05, 0.1) is 22.4 Å². The molecule has 0 saturated carbocycles. The van der Waals surface area contributed by atoms with Crippen LogP contribution in [0.3, 0.4) is 0 Å². The van der Waals surface area contributed by atoms with Crippen molar-refractivity contribution in [1.29, 1.82) is 0 Å². The van der Waals surface area contributed by atoms with Crippen molar-refractivity contribution < 1.29 is 37.4 Å². The number of carbonyl (C=O) groups excluding carboxylic acids is 4. The fraction of sp³-hybridized carbons (Fsp3) is 0.522. The van der Waals surface area contributed by atoms with Gasteiger partial charge in [-0.05, 0) is 140 Å². The Morgan fingerprint density at radius 3 is 1.42 bits per heavy atom. The van der Waals surface area contributed by atoms with Gasteiger partial charge >= 0.3 is 12.2 Å². The van der Waals surface area contributed by atoms with Gasteiger partial charge in [0, 0.05) is 49.0 Å². The van der Waals surface area contributed by atoms with Crippen LogP contribution < -0.4 is 10.6 Å². The molecular weight excluding hydrogens is 771 g/mol. The van der Waals surface area contributed by atoms with Crippen molar-refractivity contribution >= 4 is 45.8 Å². The Morgan fingerprint density at radius 2 is 1.03 bits per heavy atom. The highest BCUT2D eigenvalue weighted by atomic mass is 19.1. The predicted molar refractivity (Wildman–Crippen MR) is 224 cm³/mol. The second kappa shape index (κ2) is 15.9. The van der Waals surface area contributed by atoms with Gasteiger partial charge in [-0.15, -0.1) is 0 Å². The van der Waals surface area contributed by atoms with Gasteiger partial charge < -0.3 is 39.0 Å². The maximum absolute atomic E-state index is 15.1. The summed E-state index contributed by atoms with van der Waals surface area (Å²) in [5, 5.41) is 7.42. The predicted octanol–water partition coefficient (Wildman–Crippen LogP) is 7.76. The molecule has 2 N–H and O–H groups in total. The van der Waals surface area contributed by atoms with E-state index in [0.717, 1.165) is 70.0 Å². The molecule has 2 aromatic heterocycles. The maximum Gasteiger partial charge on any atom is 0.408 e. The number of amides is 4. The lowest BCUT2D eigenvalue weighted by molar-refractivity contribution is -0.135. The number of nitrogens with one attached hydrogen (secondary N) is 2. The molecule has 0 spiro atoms. The molecular formula is C46H56F2N6O6. The van der Waals surface area contributed by atoms with E-state index in [9.17, 15) is 19.2 Å². The average molecular weight is 827 g/mol. The minimum absolute atomic E-state index is 0.116. The van der Waals surface area contributed by atoms with Crippen molar-refractivity contribution in [1.82, 2.24) is 29.6 Å². The van der Waals surface area contributed by atoms with Gasteiger partial charge in [0.25, 0.3) is 0 Å². The number of aryl methyl sites for hydroxylation is 2. The van der Waals surface area contributed by atoms with Crippen LogP contribution in [0, 0.1) is 11.6 Å². The molecule has 0 bridgehead atoms. The third-order valence-corrected chi connectivity index (χ3v) is 12.1. The van der Waals surface area contributed by atoms with Gasteiger partial charge in [0.2, 0.25) is 11.8 Å².